The van der Waals surface area contributed by atoms with E-state index in [1.807, 2.05) is 31.2 Å². The van der Waals surface area contributed by atoms with Crippen molar-refractivity contribution in [1.29, 1.82) is 0 Å². The van der Waals surface area contributed by atoms with Crippen molar-refractivity contribution >= 4 is 52.5 Å². The molecule has 1 aliphatic rings. The van der Waals surface area contributed by atoms with Crippen molar-refractivity contribution in [1.82, 2.24) is 0 Å². The minimum Gasteiger partial charge on any atom is -0.462 e. The van der Waals surface area contributed by atoms with Gasteiger partial charge in [-0.25, -0.2) is 9.69 Å². The van der Waals surface area contributed by atoms with Crippen LogP contribution in [-0.4, -0.2) is 24.4 Å². The third-order valence-corrected chi connectivity index (χ3v) is 7.26. The number of hydrogen-bond acceptors (Lipinski definition) is 6. The number of rotatable bonds is 11. The molecule has 0 unspecified atom stereocenters. The van der Waals surface area contributed by atoms with Crippen LogP contribution in [0, 0.1) is 0 Å². The molecule has 1 aliphatic heterocycles. The predicted octanol–water partition coefficient (Wildman–Crippen LogP) is 7.24. The van der Waals surface area contributed by atoms with Crippen LogP contribution in [0.15, 0.2) is 88.3 Å². The fourth-order valence-corrected chi connectivity index (χ4v) is 4.93. The second kappa shape index (κ2) is 12.8. The molecule has 0 saturated carbocycles. The molecule has 4 rings (SSSR count). The molecule has 6 nitrogen and oxygen atoms in total. The zero-order valence-corrected chi connectivity index (χ0v) is 22.9. The minimum atomic E-state index is -0.470. The van der Waals surface area contributed by atoms with Crippen LogP contribution < -0.4 is 10.2 Å². The fraction of sp³-hybridized carbons (Fsp3) is 0.233. The minimum absolute atomic E-state index is 0.197. The molecule has 0 bridgehead atoms. The lowest BCUT2D eigenvalue weighted by molar-refractivity contribution is -0.120. The van der Waals surface area contributed by atoms with E-state index >= 15 is 0 Å². The molecule has 8 heteroatoms. The zero-order valence-electron chi connectivity index (χ0n) is 21.3. The second-order valence-electron chi connectivity index (χ2n) is 8.81. The Balaban J connectivity index is 1.62. The Bertz CT molecular complexity index is 1340. The molecule has 2 amide bonds. The molecule has 0 radical (unpaired) electrons. The molecule has 1 heterocycles. The van der Waals surface area contributed by atoms with Gasteiger partial charge in [-0.05, 0) is 85.5 Å². The molecule has 3 aromatic carbocycles. The van der Waals surface area contributed by atoms with Gasteiger partial charge in [0.2, 0.25) is 0 Å². The first-order valence-electron chi connectivity index (χ1n) is 12.6. The van der Waals surface area contributed by atoms with Crippen molar-refractivity contribution in [3.05, 3.63) is 99.5 Å². The summed E-state index contributed by atoms with van der Waals surface area (Å²) in [5, 5.41) is 3.77. The number of aryl methyl sites for hydroxylation is 1. The van der Waals surface area contributed by atoms with Crippen LogP contribution >= 0.6 is 23.4 Å². The van der Waals surface area contributed by atoms with Crippen LogP contribution in [0.25, 0.3) is 0 Å². The van der Waals surface area contributed by atoms with E-state index in [0.717, 1.165) is 35.5 Å². The van der Waals surface area contributed by atoms with Crippen molar-refractivity contribution < 1.29 is 19.1 Å². The average Bonchev–Trinajstić information content (AvgIpc) is 3.16. The van der Waals surface area contributed by atoms with Crippen molar-refractivity contribution in [3.8, 4) is 0 Å². The summed E-state index contributed by atoms with van der Waals surface area (Å²) in [4.78, 5) is 41.5. The highest BCUT2D eigenvalue weighted by Gasteiger charge is 2.40. The number of benzene rings is 3. The summed E-state index contributed by atoms with van der Waals surface area (Å²) in [6.45, 7) is 4.40. The molecule has 0 atom stereocenters. The third kappa shape index (κ3) is 6.47. The summed E-state index contributed by atoms with van der Waals surface area (Å²) in [6.07, 6.45) is 3.93. The van der Waals surface area contributed by atoms with Gasteiger partial charge in [0.1, 0.15) is 10.6 Å². The summed E-state index contributed by atoms with van der Waals surface area (Å²) >= 11 is 7.23. The third-order valence-electron chi connectivity index (χ3n) is 5.92. The second-order valence-corrected chi connectivity index (χ2v) is 10.3. The van der Waals surface area contributed by atoms with Crippen molar-refractivity contribution in [3.63, 3.8) is 0 Å². The molecule has 196 valence electrons. The summed E-state index contributed by atoms with van der Waals surface area (Å²) in [5.74, 6) is -1.36. The molecule has 0 aromatic heterocycles. The highest BCUT2D eigenvalue weighted by molar-refractivity contribution is 8.04. The first kappa shape index (κ1) is 27.5. The standard InChI is InChI=1S/C30H29ClN2O4S/c1-3-5-6-20-7-13-23(14-8-20)32-26-27(38-25-17-11-22(31)12-18-25)29(35)33(28(26)34)24-15-9-21(10-16-24)30(36)37-19-4-2/h7-18,32H,3-6,19H2,1-2H3. The van der Waals surface area contributed by atoms with Crippen LogP contribution in [0.2, 0.25) is 5.02 Å². The number of esters is 1. The molecular formula is C30H29ClN2O4S. The normalized spacial score (nSPS) is 13.3. The van der Waals surface area contributed by atoms with E-state index in [0.29, 0.717) is 28.6 Å². The maximum atomic E-state index is 13.6. The Labute approximate surface area is 232 Å². The molecule has 0 spiro atoms. The maximum Gasteiger partial charge on any atom is 0.338 e. The molecule has 0 saturated heterocycles. The molecule has 38 heavy (non-hydrogen) atoms. The summed E-state index contributed by atoms with van der Waals surface area (Å²) in [7, 11) is 0. The van der Waals surface area contributed by atoms with Gasteiger partial charge >= 0.3 is 5.97 Å². The fourth-order valence-electron chi connectivity index (χ4n) is 3.87. The molecule has 0 fully saturated rings. The quantitative estimate of drug-likeness (QED) is 0.201. The van der Waals surface area contributed by atoms with Crippen LogP contribution in [-0.2, 0) is 20.7 Å². The smallest absolute Gasteiger partial charge is 0.338 e. The van der Waals surface area contributed by atoms with Gasteiger partial charge in [-0.2, -0.15) is 0 Å². The number of hydrogen-bond donors (Lipinski definition) is 1. The van der Waals surface area contributed by atoms with E-state index in [9.17, 15) is 14.4 Å². The molecule has 3 aromatic rings. The predicted molar refractivity (Wildman–Crippen MR) is 153 cm³/mol. The number of anilines is 2. The summed E-state index contributed by atoms with van der Waals surface area (Å²) < 4.78 is 5.17. The number of unbranched alkanes of at least 4 members (excludes halogenated alkanes) is 1. The highest BCUT2D eigenvalue weighted by Crippen LogP contribution is 2.38. The number of ether oxygens (including phenoxy) is 1. The van der Waals surface area contributed by atoms with Gasteiger partial charge in [-0.15, -0.1) is 0 Å². The number of thioether (sulfide) groups is 1. The lowest BCUT2D eigenvalue weighted by Gasteiger charge is -2.16. The van der Waals surface area contributed by atoms with E-state index in [4.69, 9.17) is 16.3 Å². The Morgan fingerprint density at radius 1 is 0.895 bits per heavy atom. The monoisotopic (exact) mass is 548 g/mol. The number of carbonyl (C=O) groups is 3. The maximum absolute atomic E-state index is 13.6. The molecule has 0 aliphatic carbocycles. The number of nitrogens with zero attached hydrogens (tertiary/aromatic N) is 1. The van der Waals surface area contributed by atoms with Crippen LogP contribution in [0.1, 0.15) is 49.0 Å². The Morgan fingerprint density at radius 2 is 1.58 bits per heavy atom. The summed E-state index contributed by atoms with van der Waals surface area (Å²) in [6, 6.07) is 21.2. The van der Waals surface area contributed by atoms with Gasteiger partial charge in [0.05, 0.1) is 17.9 Å². The zero-order chi connectivity index (χ0) is 27.1. The van der Waals surface area contributed by atoms with E-state index in [2.05, 4.69) is 12.2 Å². The van der Waals surface area contributed by atoms with Crippen molar-refractivity contribution in [2.75, 3.05) is 16.8 Å². The Morgan fingerprint density at radius 3 is 2.21 bits per heavy atom. The van der Waals surface area contributed by atoms with Gasteiger partial charge in [0.25, 0.3) is 11.8 Å². The SMILES string of the molecule is CCCCc1ccc(NC2=C(Sc3ccc(Cl)cc3)C(=O)N(c3ccc(C(=O)OCCC)cc3)C2=O)cc1. The highest BCUT2D eigenvalue weighted by atomic mass is 35.5. The number of carbonyl (C=O) groups excluding carboxylic acids is 3. The van der Waals surface area contributed by atoms with Crippen LogP contribution in [0.3, 0.4) is 0 Å². The van der Waals surface area contributed by atoms with Gasteiger partial charge in [-0.3, -0.25) is 9.59 Å². The number of halogens is 1. The number of imide groups is 1. The van der Waals surface area contributed by atoms with Gasteiger partial charge in [0.15, 0.2) is 0 Å². The van der Waals surface area contributed by atoms with Gasteiger partial charge < -0.3 is 10.1 Å². The van der Waals surface area contributed by atoms with Crippen molar-refractivity contribution in [2.24, 2.45) is 0 Å². The first-order valence-corrected chi connectivity index (χ1v) is 13.8. The van der Waals surface area contributed by atoms with E-state index < -0.39 is 17.8 Å². The van der Waals surface area contributed by atoms with Crippen LogP contribution in [0.5, 0.6) is 0 Å². The van der Waals surface area contributed by atoms with Gasteiger partial charge in [0, 0.05) is 15.6 Å². The Kier molecular flexibility index (Phi) is 9.26. The van der Waals surface area contributed by atoms with Crippen molar-refractivity contribution in [2.45, 2.75) is 44.4 Å². The number of amides is 2. The van der Waals surface area contributed by atoms with E-state index in [1.165, 1.54) is 17.3 Å². The topological polar surface area (TPSA) is 75.7 Å². The lowest BCUT2D eigenvalue weighted by Crippen LogP contribution is -2.32. The summed E-state index contributed by atoms with van der Waals surface area (Å²) in [5.41, 5.74) is 2.85. The van der Waals surface area contributed by atoms with Crippen LogP contribution in [0.4, 0.5) is 11.4 Å². The van der Waals surface area contributed by atoms with Gasteiger partial charge in [-0.1, -0.05) is 55.8 Å². The van der Waals surface area contributed by atoms with E-state index in [1.54, 1.807) is 48.5 Å². The molecule has 1 N–H and O–H groups in total. The molecular weight excluding hydrogens is 520 g/mol. The number of nitrogens with one attached hydrogen (secondary N) is 1. The Hall–Kier alpha value is -3.55. The first-order chi connectivity index (χ1) is 18.4. The largest absolute Gasteiger partial charge is 0.462 e. The van der Waals surface area contributed by atoms with E-state index in [-0.39, 0.29) is 10.6 Å². The average molecular weight is 549 g/mol. The lowest BCUT2D eigenvalue weighted by atomic mass is 10.1.